The Bertz CT molecular complexity index is 744. The summed E-state index contributed by atoms with van der Waals surface area (Å²) in [6, 6.07) is 8.69. The van der Waals surface area contributed by atoms with E-state index in [0.717, 1.165) is 11.3 Å². The van der Waals surface area contributed by atoms with Gasteiger partial charge in [0.05, 0.1) is 18.9 Å². The van der Waals surface area contributed by atoms with E-state index in [1.807, 2.05) is 42.6 Å². The van der Waals surface area contributed by atoms with Crippen molar-refractivity contribution in [1.29, 1.82) is 0 Å². The lowest BCUT2D eigenvalue weighted by Gasteiger charge is -2.29. The van der Waals surface area contributed by atoms with Crippen molar-refractivity contribution in [3.05, 3.63) is 47.0 Å². The summed E-state index contributed by atoms with van der Waals surface area (Å²) in [7, 11) is 0. The highest BCUT2D eigenvalue weighted by molar-refractivity contribution is 7.13. The van der Waals surface area contributed by atoms with Crippen LogP contribution in [0.25, 0.3) is 0 Å². The second-order valence-electron chi connectivity index (χ2n) is 6.07. The van der Waals surface area contributed by atoms with E-state index in [-0.39, 0.29) is 11.9 Å². The van der Waals surface area contributed by atoms with Gasteiger partial charge in [0.25, 0.3) is 0 Å². The number of aromatic nitrogens is 1. The first-order valence-electron chi connectivity index (χ1n) is 8.52. The van der Waals surface area contributed by atoms with Gasteiger partial charge in [-0.3, -0.25) is 4.79 Å². The van der Waals surface area contributed by atoms with E-state index < -0.39 is 6.04 Å². The first-order valence-corrected chi connectivity index (χ1v) is 9.40. The van der Waals surface area contributed by atoms with Gasteiger partial charge >= 0.3 is 6.03 Å². The van der Waals surface area contributed by atoms with Crippen LogP contribution in [0.15, 0.2) is 35.7 Å². The number of carbonyl (C=O) groups is 2. The molecule has 7 nitrogen and oxygen atoms in total. The van der Waals surface area contributed by atoms with Crippen molar-refractivity contribution in [3.63, 3.8) is 0 Å². The van der Waals surface area contributed by atoms with Crippen LogP contribution in [-0.2, 0) is 16.0 Å². The fraction of sp³-hybridized carbons (Fsp3) is 0.389. The molecule has 2 N–H and O–H groups in total. The van der Waals surface area contributed by atoms with E-state index in [4.69, 9.17) is 4.74 Å². The summed E-state index contributed by atoms with van der Waals surface area (Å²) in [4.78, 5) is 31.2. The Balaban J connectivity index is 1.69. The maximum atomic E-state index is 12.7. The van der Waals surface area contributed by atoms with Crippen LogP contribution in [0.5, 0.6) is 0 Å². The zero-order valence-corrected chi connectivity index (χ0v) is 15.4. The lowest BCUT2D eigenvalue weighted by atomic mass is 10.1. The summed E-state index contributed by atoms with van der Waals surface area (Å²) < 4.78 is 5.27. The topological polar surface area (TPSA) is 83.6 Å². The molecule has 0 aliphatic carbocycles. The number of ether oxygens (including phenoxy) is 1. The minimum absolute atomic E-state index is 0.250. The standard InChI is InChI=1S/C18H22N4O3S/c1-13-12-26-17(19-13)21-16(23)15(11-14-5-3-2-4-6-14)20-18(24)22-7-9-25-10-8-22/h2-6,12,15H,7-11H2,1H3,(H,20,24)(H,19,21,23)/t15-/m1/s1. The van der Waals surface area contributed by atoms with Crippen molar-refractivity contribution in [2.45, 2.75) is 19.4 Å². The zero-order chi connectivity index (χ0) is 18.4. The molecule has 1 fully saturated rings. The normalized spacial score (nSPS) is 15.3. The molecule has 1 saturated heterocycles. The summed E-state index contributed by atoms with van der Waals surface area (Å²) in [5.41, 5.74) is 1.83. The monoisotopic (exact) mass is 374 g/mol. The molecule has 0 unspecified atom stereocenters. The van der Waals surface area contributed by atoms with Crippen molar-refractivity contribution in [2.24, 2.45) is 0 Å². The van der Waals surface area contributed by atoms with Crippen LogP contribution < -0.4 is 10.6 Å². The molecular weight excluding hydrogens is 352 g/mol. The molecule has 8 heteroatoms. The van der Waals surface area contributed by atoms with Crippen molar-refractivity contribution in [1.82, 2.24) is 15.2 Å². The number of thiazole rings is 1. The largest absolute Gasteiger partial charge is 0.378 e. The Labute approximate surface area is 156 Å². The third-order valence-electron chi connectivity index (χ3n) is 4.04. The predicted molar refractivity (Wildman–Crippen MR) is 100 cm³/mol. The highest BCUT2D eigenvalue weighted by atomic mass is 32.1. The van der Waals surface area contributed by atoms with Crippen LogP contribution in [0, 0.1) is 6.92 Å². The number of hydrogen-bond acceptors (Lipinski definition) is 5. The second kappa shape index (κ2) is 8.77. The molecule has 0 bridgehead atoms. The fourth-order valence-electron chi connectivity index (χ4n) is 2.67. The molecule has 0 spiro atoms. The van der Waals surface area contributed by atoms with Crippen LogP contribution in [0.2, 0.25) is 0 Å². The van der Waals surface area contributed by atoms with Crippen molar-refractivity contribution in [2.75, 3.05) is 31.6 Å². The maximum absolute atomic E-state index is 12.7. The Morgan fingerprint density at radius 3 is 2.65 bits per heavy atom. The number of benzene rings is 1. The number of aryl methyl sites for hydroxylation is 1. The van der Waals surface area contributed by atoms with E-state index in [2.05, 4.69) is 15.6 Å². The number of urea groups is 1. The Kier molecular flexibility index (Phi) is 6.19. The molecule has 3 rings (SSSR count). The van der Waals surface area contributed by atoms with Gasteiger partial charge in [-0.05, 0) is 12.5 Å². The quantitative estimate of drug-likeness (QED) is 0.839. The van der Waals surface area contributed by atoms with Crippen molar-refractivity contribution >= 4 is 28.4 Å². The van der Waals surface area contributed by atoms with Gasteiger partial charge in [-0.25, -0.2) is 9.78 Å². The number of hydrogen-bond donors (Lipinski definition) is 2. The SMILES string of the molecule is Cc1csc(NC(=O)[C@@H](Cc2ccccc2)NC(=O)N2CCOCC2)n1. The van der Waals surface area contributed by atoms with Crippen LogP contribution in [0.1, 0.15) is 11.3 Å². The summed E-state index contributed by atoms with van der Waals surface area (Å²) in [5.74, 6) is -0.273. The van der Waals surface area contributed by atoms with Gasteiger partial charge in [-0.2, -0.15) is 0 Å². The minimum atomic E-state index is -0.683. The molecule has 0 radical (unpaired) electrons. The van der Waals surface area contributed by atoms with E-state index in [9.17, 15) is 9.59 Å². The van der Waals surface area contributed by atoms with Gasteiger partial charge in [-0.15, -0.1) is 11.3 Å². The summed E-state index contributed by atoms with van der Waals surface area (Å²) in [5, 5.41) is 8.06. The number of amides is 3. The molecule has 1 aromatic heterocycles. The summed E-state index contributed by atoms with van der Waals surface area (Å²) >= 11 is 1.37. The third-order valence-corrected chi connectivity index (χ3v) is 4.92. The van der Waals surface area contributed by atoms with E-state index in [0.29, 0.717) is 37.9 Å². The van der Waals surface area contributed by atoms with E-state index >= 15 is 0 Å². The van der Waals surface area contributed by atoms with Gasteiger partial charge in [0.15, 0.2) is 5.13 Å². The zero-order valence-electron chi connectivity index (χ0n) is 14.6. The van der Waals surface area contributed by atoms with Crippen LogP contribution in [0.4, 0.5) is 9.93 Å². The maximum Gasteiger partial charge on any atom is 0.318 e. The number of nitrogens with one attached hydrogen (secondary N) is 2. The lowest BCUT2D eigenvalue weighted by molar-refractivity contribution is -0.118. The van der Waals surface area contributed by atoms with E-state index in [1.54, 1.807) is 4.90 Å². The van der Waals surface area contributed by atoms with Gasteiger partial charge in [-0.1, -0.05) is 30.3 Å². The summed E-state index contributed by atoms with van der Waals surface area (Å²) in [6.07, 6.45) is 0.410. The van der Waals surface area contributed by atoms with Gasteiger partial charge in [0.2, 0.25) is 5.91 Å². The molecule has 1 aromatic carbocycles. The van der Waals surface area contributed by atoms with Gasteiger partial charge in [0, 0.05) is 24.9 Å². The lowest BCUT2D eigenvalue weighted by Crippen LogP contribution is -2.53. The highest BCUT2D eigenvalue weighted by Crippen LogP contribution is 2.15. The molecule has 1 aliphatic rings. The molecule has 2 heterocycles. The third kappa shape index (κ3) is 5.03. The summed E-state index contributed by atoms with van der Waals surface area (Å²) in [6.45, 7) is 3.95. The first-order chi connectivity index (χ1) is 12.6. The van der Waals surface area contributed by atoms with Crippen molar-refractivity contribution < 1.29 is 14.3 Å². The minimum Gasteiger partial charge on any atom is -0.378 e. The van der Waals surface area contributed by atoms with E-state index in [1.165, 1.54) is 11.3 Å². The Morgan fingerprint density at radius 1 is 1.27 bits per heavy atom. The smallest absolute Gasteiger partial charge is 0.318 e. The predicted octanol–water partition coefficient (Wildman–Crippen LogP) is 2.04. The average molecular weight is 374 g/mol. The molecule has 3 amide bonds. The van der Waals surface area contributed by atoms with Crippen molar-refractivity contribution in [3.8, 4) is 0 Å². The van der Waals surface area contributed by atoms with Gasteiger partial charge in [0.1, 0.15) is 6.04 Å². The molecule has 2 aromatic rings. The highest BCUT2D eigenvalue weighted by Gasteiger charge is 2.25. The number of nitrogens with zero attached hydrogens (tertiary/aromatic N) is 2. The first kappa shape index (κ1) is 18.3. The molecule has 0 saturated carbocycles. The molecule has 1 atom stereocenters. The molecule has 138 valence electrons. The van der Waals surface area contributed by atoms with Gasteiger partial charge < -0.3 is 20.3 Å². The number of carbonyl (C=O) groups excluding carboxylic acids is 2. The average Bonchev–Trinajstić information content (AvgIpc) is 3.07. The molecule has 26 heavy (non-hydrogen) atoms. The van der Waals surface area contributed by atoms with Crippen LogP contribution in [0.3, 0.4) is 0 Å². The fourth-order valence-corrected chi connectivity index (χ4v) is 3.36. The Hall–Kier alpha value is -2.45. The molecular formula is C18H22N4O3S. The Morgan fingerprint density at radius 2 is 2.00 bits per heavy atom. The number of morpholine rings is 1. The number of rotatable bonds is 5. The second-order valence-corrected chi connectivity index (χ2v) is 6.93. The van der Waals surface area contributed by atoms with Crippen LogP contribution >= 0.6 is 11.3 Å². The van der Waals surface area contributed by atoms with Crippen LogP contribution in [-0.4, -0.2) is 54.2 Å². The number of anilines is 1. The molecule has 1 aliphatic heterocycles.